The highest BCUT2D eigenvalue weighted by Crippen LogP contribution is 2.30. The van der Waals surface area contributed by atoms with E-state index in [-0.39, 0.29) is 24.0 Å². The lowest BCUT2D eigenvalue weighted by Crippen LogP contribution is -2.23. The topological polar surface area (TPSA) is 97.6 Å². The molecular weight excluding hydrogens is 496 g/mol. The highest BCUT2D eigenvalue weighted by molar-refractivity contribution is 9.10. The maximum Gasteiger partial charge on any atom is 0.262 e. The molecule has 1 amide bonds. The number of carbonyl (C=O) groups is 1. The van der Waals surface area contributed by atoms with Crippen LogP contribution in [-0.4, -0.2) is 20.9 Å². The van der Waals surface area contributed by atoms with E-state index in [9.17, 15) is 13.2 Å². The highest BCUT2D eigenvalue weighted by atomic mass is 79.9. The smallest absolute Gasteiger partial charge is 0.262 e. The zero-order valence-electron chi connectivity index (χ0n) is 17.8. The maximum absolute atomic E-state index is 12.4. The Bertz CT molecular complexity index is 1150. The third-order valence-electron chi connectivity index (χ3n) is 4.96. The summed E-state index contributed by atoms with van der Waals surface area (Å²) in [5, 5.41) is 2.69. The van der Waals surface area contributed by atoms with Crippen LogP contribution in [0.25, 0.3) is 0 Å². The summed E-state index contributed by atoms with van der Waals surface area (Å²) in [5.41, 5.74) is 1.67. The minimum Gasteiger partial charge on any atom is -0.483 e. The lowest BCUT2D eigenvalue weighted by atomic mass is 9.99. The number of hydrogen-bond donors (Lipinski definition) is 2. The molecule has 1 unspecified atom stereocenters. The van der Waals surface area contributed by atoms with Crippen LogP contribution in [0.15, 0.2) is 74.6 Å². The van der Waals surface area contributed by atoms with Crippen molar-refractivity contribution in [2.75, 3.05) is 11.9 Å². The fourth-order valence-corrected chi connectivity index (χ4v) is 4.40. The molecule has 0 spiro atoms. The van der Waals surface area contributed by atoms with E-state index in [1.54, 1.807) is 12.1 Å². The first-order valence-electron chi connectivity index (χ1n) is 10.1. The van der Waals surface area contributed by atoms with Gasteiger partial charge in [0.2, 0.25) is 10.0 Å². The van der Waals surface area contributed by atoms with E-state index in [1.807, 2.05) is 18.2 Å². The van der Waals surface area contributed by atoms with Gasteiger partial charge in [0.15, 0.2) is 6.61 Å². The van der Waals surface area contributed by atoms with Gasteiger partial charge in [0.1, 0.15) is 11.5 Å². The van der Waals surface area contributed by atoms with E-state index in [2.05, 4.69) is 39.8 Å². The monoisotopic (exact) mass is 520 g/mol. The van der Waals surface area contributed by atoms with E-state index in [0.29, 0.717) is 23.1 Å². The number of ether oxygens (including phenoxy) is 1. The Morgan fingerprint density at radius 3 is 2.53 bits per heavy atom. The van der Waals surface area contributed by atoms with Crippen LogP contribution in [0.1, 0.15) is 37.5 Å². The van der Waals surface area contributed by atoms with Crippen LogP contribution in [0.2, 0.25) is 0 Å². The largest absolute Gasteiger partial charge is 0.483 e. The number of halogens is 1. The number of sulfonamides is 1. The Hall–Kier alpha value is -2.62. The molecule has 1 atom stereocenters. The molecule has 0 aliphatic heterocycles. The number of hydrogen-bond acceptors (Lipinski definition) is 5. The van der Waals surface area contributed by atoms with Crippen molar-refractivity contribution in [2.24, 2.45) is 0 Å². The van der Waals surface area contributed by atoms with Gasteiger partial charge in [0, 0.05) is 5.69 Å². The first-order valence-corrected chi connectivity index (χ1v) is 12.4. The molecular formula is C23H25BrN2O5S. The molecule has 32 heavy (non-hydrogen) atoms. The van der Waals surface area contributed by atoms with E-state index in [0.717, 1.165) is 10.9 Å². The molecule has 2 aromatic carbocycles. The summed E-state index contributed by atoms with van der Waals surface area (Å²) in [4.78, 5) is 12.3. The van der Waals surface area contributed by atoms with Crippen molar-refractivity contribution < 1.29 is 22.4 Å². The summed E-state index contributed by atoms with van der Waals surface area (Å²) in [5.74, 6) is 1.18. The fraction of sp³-hybridized carbons (Fsp3) is 0.261. The lowest BCUT2D eigenvalue weighted by molar-refractivity contribution is -0.118. The number of carbonyl (C=O) groups excluding carboxylic acids is 1. The van der Waals surface area contributed by atoms with Crippen LogP contribution in [0.3, 0.4) is 0 Å². The summed E-state index contributed by atoms with van der Waals surface area (Å²) in [6.07, 6.45) is 2.51. The van der Waals surface area contributed by atoms with E-state index in [1.165, 1.54) is 36.1 Å². The molecule has 3 aromatic rings. The SMILES string of the molecule is CCC(C)c1ccc(OCC(=O)Nc2ccc(S(=O)(=O)NCc3ccco3)cc2)c(Br)c1. The Morgan fingerprint density at radius 2 is 1.91 bits per heavy atom. The second-order valence-electron chi connectivity index (χ2n) is 7.26. The molecule has 0 aliphatic carbocycles. The van der Waals surface area contributed by atoms with Crippen molar-refractivity contribution in [1.82, 2.24) is 4.72 Å². The molecule has 0 fully saturated rings. The molecule has 7 nitrogen and oxygen atoms in total. The Labute approximate surface area is 196 Å². The number of anilines is 1. The van der Waals surface area contributed by atoms with Crippen molar-refractivity contribution in [3.8, 4) is 5.75 Å². The maximum atomic E-state index is 12.4. The summed E-state index contributed by atoms with van der Waals surface area (Å²) in [6.45, 7) is 4.17. The average Bonchev–Trinajstić information content (AvgIpc) is 3.30. The van der Waals surface area contributed by atoms with Crippen LogP contribution in [0.4, 0.5) is 5.69 Å². The number of nitrogens with one attached hydrogen (secondary N) is 2. The van der Waals surface area contributed by atoms with Crippen LogP contribution in [0.5, 0.6) is 5.75 Å². The van der Waals surface area contributed by atoms with Gasteiger partial charge in [-0.2, -0.15) is 0 Å². The highest BCUT2D eigenvalue weighted by Gasteiger charge is 2.15. The van der Waals surface area contributed by atoms with Gasteiger partial charge < -0.3 is 14.5 Å². The Kier molecular flexibility index (Phi) is 8.11. The summed E-state index contributed by atoms with van der Waals surface area (Å²) in [7, 11) is -3.70. The van der Waals surface area contributed by atoms with Gasteiger partial charge in [-0.05, 0) is 82.4 Å². The minimum absolute atomic E-state index is 0.0546. The second kappa shape index (κ2) is 10.8. The third kappa shape index (κ3) is 6.44. The van der Waals surface area contributed by atoms with Gasteiger partial charge >= 0.3 is 0 Å². The fourth-order valence-electron chi connectivity index (χ4n) is 2.90. The lowest BCUT2D eigenvalue weighted by Gasteiger charge is -2.13. The molecule has 1 heterocycles. The van der Waals surface area contributed by atoms with E-state index in [4.69, 9.17) is 9.15 Å². The normalized spacial score (nSPS) is 12.3. The molecule has 0 aliphatic rings. The standard InChI is InChI=1S/C23H25BrN2O5S/c1-3-16(2)17-6-11-22(21(24)13-17)31-15-23(27)26-18-7-9-20(10-8-18)32(28,29)25-14-19-5-4-12-30-19/h4-13,16,25H,3,14-15H2,1-2H3,(H,26,27). The Morgan fingerprint density at radius 1 is 1.16 bits per heavy atom. The van der Waals surface area contributed by atoms with Gasteiger partial charge in [-0.3, -0.25) is 4.79 Å². The van der Waals surface area contributed by atoms with Gasteiger partial charge in [-0.1, -0.05) is 19.9 Å². The van der Waals surface area contributed by atoms with Crippen LogP contribution >= 0.6 is 15.9 Å². The van der Waals surface area contributed by atoms with Crippen LogP contribution < -0.4 is 14.8 Å². The third-order valence-corrected chi connectivity index (χ3v) is 7.00. The van der Waals surface area contributed by atoms with Crippen molar-refractivity contribution in [3.63, 3.8) is 0 Å². The summed E-state index contributed by atoms with van der Waals surface area (Å²) >= 11 is 3.49. The minimum atomic E-state index is -3.70. The number of benzene rings is 2. The molecule has 0 saturated carbocycles. The van der Waals surface area contributed by atoms with E-state index < -0.39 is 10.0 Å². The zero-order valence-corrected chi connectivity index (χ0v) is 20.2. The van der Waals surface area contributed by atoms with E-state index >= 15 is 0 Å². The van der Waals surface area contributed by atoms with Crippen molar-refractivity contribution in [2.45, 2.75) is 37.6 Å². The summed E-state index contributed by atoms with van der Waals surface area (Å²) in [6, 6.07) is 15.1. The predicted octanol–water partition coefficient (Wildman–Crippen LogP) is 5.05. The molecule has 170 valence electrons. The van der Waals surface area contributed by atoms with Crippen molar-refractivity contribution in [1.29, 1.82) is 0 Å². The summed E-state index contributed by atoms with van der Waals surface area (Å²) < 4.78 is 38.7. The first-order chi connectivity index (χ1) is 15.3. The average molecular weight is 521 g/mol. The molecule has 0 bridgehead atoms. The molecule has 2 N–H and O–H groups in total. The van der Waals surface area contributed by atoms with Crippen LogP contribution in [0, 0.1) is 0 Å². The van der Waals surface area contributed by atoms with Gasteiger partial charge in [-0.15, -0.1) is 0 Å². The number of amides is 1. The van der Waals surface area contributed by atoms with Gasteiger partial charge in [0.05, 0.1) is 22.2 Å². The molecule has 3 rings (SSSR count). The quantitative estimate of drug-likeness (QED) is 0.389. The molecule has 0 saturated heterocycles. The Balaban J connectivity index is 1.53. The van der Waals surface area contributed by atoms with Crippen molar-refractivity contribution >= 4 is 37.5 Å². The zero-order chi connectivity index (χ0) is 23.1. The molecule has 0 radical (unpaired) electrons. The molecule has 1 aromatic heterocycles. The number of rotatable bonds is 10. The van der Waals surface area contributed by atoms with Crippen LogP contribution in [-0.2, 0) is 21.4 Å². The second-order valence-corrected chi connectivity index (χ2v) is 9.89. The molecule has 9 heteroatoms. The van der Waals surface area contributed by atoms with Crippen molar-refractivity contribution in [3.05, 3.63) is 76.7 Å². The number of furan rings is 1. The van der Waals surface area contributed by atoms with Gasteiger partial charge in [-0.25, -0.2) is 13.1 Å². The predicted molar refractivity (Wildman–Crippen MR) is 126 cm³/mol. The first kappa shape index (κ1) is 24.0. The van der Waals surface area contributed by atoms with Gasteiger partial charge in [0.25, 0.3) is 5.91 Å².